The standard InChI is InChI=1S/C4H2Cl4/c5-3(6)2-1-4(2,7)8/h1H2. The molecule has 0 radical (unpaired) electrons. The summed E-state index contributed by atoms with van der Waals surface area (Å²) < 4.78 is -0.547. The van der Waals surface area contributed by atoms with Crippen LogP contribution in [0.4, 0.5) is 0 Å². The molecule has 4 heteroatoms. The summed E-state index contributed by atoms with van der Waals surface area (Å²) in [6.07, 6.45) is 0.596. The average molecular weight is 192 g/mol. The van der Waals surface area contributed by atoms with Crippen LogP contribution in [0, 0.1) is 0 Å². The third-order valence-electron chi connectivity index (χ3n) is 0.943. The van der Waals surface area contributed by atoms with Crippen molar-refractivity contribution in [2.45, 2.75) is 10.8 Å². The number of alkyl halides is 2. The predicted molar refractivity (Wildman–Crippen MR) is 37.8 cm³/mol. The molecule has 0 saturated heterocycles. The number of allylic oxidation sites excluding steroid dienone is 1. The van der Waals surface area contributed by atoms with Crippen molar-refractivity contribution in [1.82, 2.24) is 0 Å². The van der Waals surface area contributed by atoms with Crippen molar-refractivity contribution in [2.75, 3.05) is 0 Å². The molecule has 1 saturated carbocycles. The number of hydrogen-bond donors (Lipinski definition) is 0. The van der Waals surface area contributed by atoms with Gasteiger partial charge in [0.15, 0.2) is 0 Å². The second-order valence-corrected chi connectivity index (χ2v) is 4.05. The van der Waals surface area contributed by atoms with Crippen LogP contribution in [0.3, 0.4) is 0 Å². The Morgan fingerprint density at radius 1 is 1.38 bits per heavy atom. The molecule has 1 aliphatic carbocycles. The van der Waals surface area contributed by atoms with Crippen molar-refractivity contribution < 1.29 is 0 Å². The van der Waals surface area contributed by atoms with Gasteiger partial charge >= 0.3 is 0 Å². The molecule has 0 aliphatic heterocycles. The fourth-order valence-corrected chi connectivity index (χ4v) is 1.49. The van der Waals surface area contributed by atoms with E-state index in [1.54, 1.807) is 0 Å². The van der Waals surface area contributed by atoms with E-state index in [2.05, 4.69) is 0 Å². The quantitative estimate of drug-likeness (QED) is 0.516. The summed E-state index contributed by atoms with van der Waals surface area (Å²) in [6, 6.07) is 0. The first-order chi connectivity index (χ1) is 3.54. The van der Waals surface area contributed by atoms with Crippen molar-refractivity contribution in [3.8, 4) is 0 Å². The normalized spacial score (nSPS) is 23.2. The second kappa shape index (κ2) is 1.95. The summed E-state index contributed by atoms with van der Waals surface area (Å²) in [7, 11) is 0. The van der Waals surface area contributed by atoms with Crippen molar-refractivity contribution in [2.24, 2.45) is 0 Å². The van der Waals surface area contributed by atoms with E-state index in [1.165, 1.54) is 0 Å². The third-order valence-corrected chi connectivity index (χ3v) is 2.12. The van der Waals surface area contributed by atoms with Crippen LogP contribution in [0.5, 0.6) is 0 Å². The minimum Gasteiger partial charge on any atom is -0.0962 e. The van der Waals surface area contributed by atoms with E-state index in [0.29, 0.717) is 6.42 Å². The predicted octanol–water partition coefficient (Wildman–Crippen LogP) is 3.25. The molecule has 0 bridgehead atoms. The second-order valence-electron chi connectivity index (χ2n) is 1.62. The number of halogens is 4. The smallest absolute Gasteiger partial charge is 0.0962 e. The van der Waals surface area contributed by atoms with Crippen molar-refractivity contribution in [3.05, 3.63) is 10.1 Å². The molecule has 0 aromatic carbocycles. The third kappa shape index (κ3) is 1.24. The Hall–Kier alpha value is 0.900. The zero-order chi connectivity index (χ0) is 6.36. The summed E-state index contributed by atoms with van der Waals surface area (Å²) in [5.41, 5.74) is 0.726. The van der Waals surface area contributed by atoms with E-state index >= 15 is 0 Å². The Bertz CT molecular complexity index is 142. The van der Waals surface area contributed by atoms with Crippen LogP contribution >= 0.6 is 46.4 Å². The molecule has 0 N–H and O–H groups in total. The maximum Gasteiger partial charge on any atom is 0.145 e. The monoisotopic (exact) mass is 190 g/mol. The topological polar surface area (TPSA) is 0 Å². The molecule has 1 aliphatic rings. The Balaban J connectivity index is 2.73. The zero-order valence-corrected chi connectivity index (χ0v) is 6.74. The van der Waals surface area contributed by atoms with Crippen LogP contribution in [-0.2, 0) is 0 Å². The largest absolute Gasteiger partial charge is 0.145 e. The highest BCUT2D eigenvalue weighted by molar-refractivity contribution is 6.61. The Labute approximate surface area is 67.4 Å². The van der Waals surface area contributed by atoms with Gasteiger partial charge in [0, 0.05) is 6.42 Å². The average Bonchev–Trinajstić information content (AvgIpc) is 2.13. The van der Waals surface area contributed by atoms with Crippen LogP contribution in [0.1, 0.15) is 6.42 Å². The maximum atomic E-state index is 5.54. The lowest BCUT2D eigenvalue weighted by Crippen LogP contribution is -1.77. The first-order valence-corrected chi connectivity index (χ1v) is 3.47. The van der Waals surface area contributed by atoms with E-state index in [-0.39, 0.29) is 4.49 Å². The van der Waals surface area contributed by atoms with Crippen molar-refractivity contribution >= 4 is 46.4 Å². The molecule has 0 aromatic rings. The van der Waals surface area contributed by atoms with Gasteiger partial charge in [-0.05, 0) is 5.57 Å². The minimum absolute atomic E-state index is 0.204. The van der Waals surface area contributed by atoms with E-state index in [1.807, 2.05) is 0 Å². The molecular weight excluding hydrogens is 190 g/mol. The van der Waals surface area contributed by atoms with Crippen LogP contribution in [0.15, 0.2) is 10.1 Å². The highest BCUT2D eigenvalue weighted by Crippen LogP contribution is 2.55. The first-order valence-electron chi connectivity index (χ1n) is 1.96. The first kappa shape index (κ1) is 7.01. The molecule has 8 heavy (non-hydrogen) atoms. The van der Waals surface area contributed by atoms with Gasteiger partial charge in [0.1, 0.15) is 8.82 Å². The van der Waals surface area contributed by atoms with Gasteiger partial charge in [0.05, 0.1) is 0 Å². The summed E-state index contributed by atoms with van der Waals surface area (Å²) in [5.74, 6) is 0. The van der Waals surface area contributed by atoms with E-state index in [4.69, 9.17) is 46.4 Å². The summed E-state index contributed by atoms with van der Waals surface area (Å²) in [5, 5.41) is 0. The van der Waals surface area contributed by atoms with Crippen molar-refractivity contribution in [1.29, 1.82) is 0 Å². The SMILES string of the molecule is ClC(Cl)=C1CC1(Cl)Cl. The van der Waals surface area contributed by atoms with Gasteiger partial charge in [-0.1, -0.05) is 46.4 Å². The van der Waals surface area contributed by atoms with E-state index in [0.717, 1.165) is 5.57 Å². The van der Waals surface area contributed by atoms with Crippen LogP contribution in [0.25, 0.3) is 0 Å². The number of rotatable bonds is 0. The molecule has 0 atom stereocenters. The highest BCUT2D eigenvalue weighted by Gasteiger charge is 2.47. The summed E-state index contributed by atoms with van der Waals surface area (Å²) in [6.45, 7) is 0. The van der Waals surface area contributed by atoms with Gasteiger partial charge in [0.25, 0.3) is 0 Å². The van der Waals surface area contributed by atoms with Crippen LogP contribution in [0.2, 0.25) is 0 Å². The minimum atomic E-state index is -0.751. The van der Waals surface area contributed by atoms with Gasteiger partial charge in [-0.3, -0.25) is 0 Å². The van der Waals surface area contributed by atoms with Crippen LogP contribution < -0.4 is 0 Å². The lowest BCUT2D eigenvalue weighted by atomic mass is 10.7. The Morgan fingerprint density at radius 3 is 1.75 bits per heavy atom. The molecule has 1 rings (SSSR count). The highest BCUT2D eigenvalue weighted by atomic mass is 35.5. The molecule has 0 amide bonds. The molecule has 0 nitrogen and oxygen atoms in total. The maximum absolute atomic E-state index is 5.54. The Kier molecular flexibility index (Phi) is 1.71. The number of hydrogen-bond acceptors (Lipinski definition) is 0. The molecule has 46 valence electrons. The molecule has 0 heterocycles. The van der Waals surface area contributed by atoms with Gasteiger partial charge in [-0.15, -0.1) is 0 Å². The molecule has 0 aromatic heterocycles. The van der Waals surface area contributed by atoms with Gasteiger partial charge < -0.3 is 0 Å². The molecule has 0 unspecified atom stereocenters. The summed E-state index contributed by atoms with van der Waals surface area (Å²) >= 11 is 21.8. The molecular formula is C4H2Cl4. The van der Waals surface area contributed by atoms with Crippen LogP contribution in [-0.4, -0.2) is 4.33 Å². The van der Waals surface area contributed by atoms with E-state index < -0.39 is 4.33 Å². The van der Waals surface area contributed by atoms with E-state index in [9.17, 15) is 0 Å². The van der Waals surface area contributed by atoms with Gasteiger partial charge in [-0.2, -0.15) is 0 Å². The van der Waals surface area contributed by atoms with Crippen molar-refractivity contribution in [3.63, 3.8) is 0 Å². The fourth-order valence-electron chi connectivity index (χ4n) is 0.383. The van der Waals surface area contributed by atoms with Gasteiger partial charge in [0.2, 0.25) is 0 Å². The summed E-state index contributed by atoms with van der Waals surface area (Å²) in [4.78, 5) is 0. The Morgan fingerprint density at radius 2 is 1.75 bits per heavy atom. The lowest BCUT2D eigenvalue weighted by molar-refractivity contribution is 1.38. The fraction of sp³-hybridized carbons (Fsp3) is 0.500. The molecule has 0 spiro atoms. The zero-order valence-electron chi connectivity index (χ0n) is 3.72. The van der Waals surface area contributed by atoms with Gasteiger partial charge in [-0.25, -0.2) is 0 Å². The molecule has 1 fully saturated rings. The lowest BCUT2D eigenvalue weighted by Gasteiger charge is -1.84.